The van der Waals surface area contributed by atoms with Gasteiger partial charge in [0.2, 0.25) is 5.91 Å². The fourth-order valence-electron chi connectivity index (χ4n) is 3.68. The van der Waals surface area contributed by atoms with Gasteiger partial charge in [0.1, 0.15) is 17.4 Å². The molecule has 0 radical (unpaired) electrons. The van der Waals surface area contributed by atoms with Crippen molar-refractivity contribution in [1.29, 1.82) is 0 Å². The van der Waals surface area contributed by atoms with E-state index in [1.54, 1.807) is 14.2 Å². The number of carbonyl (C=O) groups is 1. The van der Waals surface area contributed by atoms with Gasteiger partial charge in [0.15, 0.2) is 0 Å². The summed E-state index contributed by atoms with van der Waals surface area (Å²) in [6, 6.07) is 8.07. The number of ether oxygens (including phenoxy) is 2. The van der Waals surface area contributed by atoms with Crippen LogP contribution < -0.4 is 9.64 Å². The molecule has 0 saturated carbocycles. The van der Waals surface area contributed by atoms with Gasteiger partial charge in [0.05, 0.1) is 19.4 Å². The molecule has 156 valence electrons. The molecule has 2 heterocycles. The Morgan fingerprint density at radius 3 is 2.34 bits per heavy atom. The van der Waals surface area contributed by atoms with Gasteiger partial charge in [-0.25, -0.2) is 9.97 Å². The Labute approximate surface area is 172 Å². The van der Waals surface area contributed by atoms with E-state index >= 15 is 0 Å². The number of aryl methyl sites for hydroxylation is 1. The zero-order valence-electron chi connectivity index (χ0n) is 17.8. The number of hydrogen-bond acceptors (Lipinski definition) is 6. The third-order valence-corrected chi connectivity index (χ3v) is 5.24. The SMILES string of the molecule is CCC(=O)N1CCN(c2nc(C)nc(COC)c2Cc2ccc(OC)cc2)CC1. The molecule has 7 nitrogen and oxygen atoms in total. The highest BCUT2D eigenvalue weighted by atomic mass is 16.5. The Kier molecular flexibility index (Phi) is 7.04. The molecule has 1 aromatic carbocycles. The van der Waals surface area contributed by atoms with E-state index in [1.165, 1.54) is 0 Å². The Morgan fingerprint density at radius 1 is 1.07 bits per heavy atom. The first-order valence-electron chi connectivity index (χ1n) is 10.1. The number of nitrogens with zero attached hydrogens (tertiary/aromatic N) is 4. The maximum absolute atomic E-state index is 12.0. The third kappa shape index (κ3) is 5.03. The van der Waals surface area contributed by atoms with Crippen LogP contribution >= 0.6 is 0 Å². The van der Waals surface area contributed by atoms with Crippen LogP contribution in [-0.2, 0) is 22.6 Å². The molecular weight excluding hydrogens is 368 g/mol. The van der Waals surface area contributed by atoms with Crippen molar-refractivity contribution in [2.24, 2.45) is 0 Å². The van der Waals surface area contributed by atoms with Crippen molar-refractivity contribution in [2.45, 2.75) is 33.3 Å². The van der Waals surface area contributed by atoms with Crippen LogP contribution in [0.1, 0.15) is 36.0 Å². The summed E-state index contributed by atoms with van der Waals surface area (Å²) in [6.45, 7) is 7.24. The molecule has 7 heteroatoms. The van der Waals surface area contributed by atoms with Crippen LogP contribution in [0.25, 0.3) is 0 Å². The zero-order chi connectivity index (χ0) is 20.8. The van der Waals surface area contributed by atoms with Gasteiger partial charge in [0, 0.05) is 51.7 Å². The molecule has 0 atom stereocenters. The molecular formula is C22H30N4O3. The third-order valence-electron chi connectivity index (χ3n) is 5.24. The number of carbonyl (C=O) groups excluding carboxylic acids is 1. The highest BCUT2D eigenvalue weighted by molar-refractivity contribution is 5.76. The van der Waals surface area contributed by atoms with Gasteiger partial charge < -0.3 is 19.3 Å². The fraction of sp³-hybridized carbons (Fsp3) is 0.500. The number of amides is 1. The molecule has 0 spiro atoms. The Bertz CT molecular complexity index is 831. The first-order chi connectivity index (χ1) is 14.0. The molecule has 1 saturated heterocycles. The van der Waals surface area contributed by atoms with E-state index in [9.17, 15) is 4.79 Å². The number of piperazine rings is 1. The number of methoxy groups -OCH3 is 2. The average molecular weight is 399 g/mol. The van der Waals surface area contributed by atoms with Crippen LogP contribution in [0.3, 0.4) is 0 Å². The fourth-order valence-corrected chi connectivity index (χ4v) is 3.68. The lowest BCUT2D eigenvalue weighted by molar-refractivity contribution is -0.131. The lowest BCUT2D eigenvalue weighted by atomic mass is 10.0. The summed E-state index contributed by atoms with van der Waals surface area (Å²) < 4.78 is 10.7. The van der Waals surface area contributed by atoms with E-state index in [-0.39, 0.29) is 5.91 Å². The van der Waals surface area contributed by atoms with Crippen molar-refractivity contribution >= 4 is 11.7 Å². The molecule has 0 unspecified atom stereocenters. The van der Waals surface area contributed by atoms with E-state index < -0.39 is 0 Å². The lowest BCUT2D eigenvalue weighted by Crippen LogP contribution is -2.49. The van der Waals surface area contributed by atoms with Crippen LogP contribution in [0.2, 0.25) is 0 Å². The van der Waals surface area contributed by atoms with Crippen LogP contribution in [0.4, 0.5) is 5.82 Å². The molecule has 1 amide bonds. The lowest BCUT2D eigenvalue weighted by Gasteiger charge is -2.36. The van der Waals surface area contributed by atoms with Crippen LogP contribution in [0.15, 0.2) is 24.3 Å². The Balaban J connectivity index is 1.90. The average Bonchev–Trinajstić information content (AvgIpc) is 2.75. The summed E-state index contributed by atoms with van der Waals surface area (Å²) in [7, 11) is 3.35. The molecule has 29 heavy (non-hydrogen) atoms. The second-order valence-electron chi connectivity index (χ2n) is 7.20. The van der Waals surface area contributed by atoms with Gasteiger partial charge in [-0.2, -0.15) is 0 Å². The minimum atomic E-state index is 0.210. The van der Waals surface area contributed by atoms with Gasteiger partial charge in [-0.05, 0) is 24.6 Å². The molecule has 0 aliphatic carbocycles. The van der Waals surface area contributed by atoms with Gasteiger partial charge in [-0.3, -0.25) is 4.79 Å². The number of hydrogen-bond donors (Lipinski definition) is 0. The summed E-state index contributed by atoms with van der Waals surface area (Å²) in [5.41, 5.74) is 3.16. The van der Waals surface area contributed by atoms with E-state index in [4.69, 9.17) is 14.5 Å². The van der Waals surface area contributed by atoms with Crippen molar-refractivity contribution < 1.29 is 14.3 Å². The number of benzene rings is 1. The quantitative estimate of drug-likeness (QED) is 0.714. The highest BCUT2D eigenvalue weighted by Gasteiger charge is 2.24. The van der Waals surface area contributed by atoms with Gasteiger partial charge in [-0.1, -0.05) is 19.1 Å². The van der Waals surface area contributed by atoms with Crippen LogP contribution in [0.5, 0.6) is 5.75 Å². The summed E-state index contributed by atoms with van der Waals surface area (Å²) in [6.07, 6.45) is 1.26. The normalized spacial score (nSPS) is 14.2. The Hall–Kier alpha value is -2.67. The molecule has 1 aromatic heterocycles. The molecule has 1 aliphatic rings. The molecule has 0 N–H and O–H groups in total. The highest BCUT2D eigenvalue weighted by Crippen LogP contribution is 2.27. The summed E-state index contributed by atoms with van der Waals surface area (Å²) >= 11 is 0. The molecule has 0 bridgehead atoms. The summed E-state index contributed by atoms with van der Waals surface area (Å²) in [5, 5.41) is 0. The Morgan fingerprint density at radius 2 is 1.76 bits per heavy atom. The first kappa shape index (κ1) is 21.0. The van der Waals surface area contributed by atoms with E-state index in [0.29, 0.717) is 19.4 Å². The minimum Gasteiger partial charge on any atom is -0.497 e. The molecule has 1 fully saturated rings. The van der Waals surface area contributed by atoms with Crippen molar-refractivity contribution in [2.75, 3.05) is 45.3 Å². The largest absolute Gasteiger partial charge is 0.497 e. The summed E-state index contributed by atoms with van der Waals surface area (Å²) in [4.78, 5) is 25.7. The number of anilines is 1. The minimum absolute atomic E-state index is 0.210. The van der Waals surface area contributed by atoms with Crippen LogP contribution in [-0.4, -0.2) is 61.2 Å². The standard InChI is InChI=1S/C22H30N4O3/c1-5-21(27)25-10-12-26(13-11-25)22-19(20(15-28-3)23-16(2)24-22)14-17-6-8-18(29-4)9-7-17/h6-9H,5,10-15H2,1-4H3. The zero-order valence-corrected chi connectivity index (χ0v) is 17.8. The summed E-state index contributed by atoms with van der Waals surface area (Å²) in [5.74, 6) is 2.73. The van der Waals surface area contributed by atoms with Gasteiger partial charge >= 0.3 is 0 Å². The van der Waals surface area contributed by atoms with E-state index in [1.807, 2.05) is 30.9 Å². The number of rotatable bonds is 7. The maximum Gasteiger partial charge on any atom is 0.222 e. The topological polar surface area (TPSA) is 67.8 Å². The van der Waals surface area contributed by atoms with Crippen molar-refractivity contribution in [3.05, 3.63) is 46.9 Å². The maximum atomic E-state index is 12.0. The molecule has 3 rings (SSSR count). The second kappa shape index (κ2) is 9.69. The van der Waals surface area contributed by atoms with Crippen molar-refractivity contribution in [3.63, 3.8) is 0 Å². The van der Waals surface area contributed by atoms with E-state index in [0.717, 1.165) is 60.4 Å². The number of aromatic nitrogens is 2. The molecule has 1 aliphatic heterocycles. The smallest absolute Gasteiger partial charge is 0.222 e. The van der Waals surface area contributed by atoms with E-state index in [2.05, 4.69) is 22.0 Å². The predicted octanol–water partition coefficient (Wildman–Crippen LogP) is 2.59. The van der Waals surface area contributed by atoms with Gasteiger partial charge in [0.25, 0.3) is 0 Å². The van der Waals surface area contributed by atoms with Crippen molar-refractivity contribution in [3.8, 4) is 5.75 Å². The molecule has 2 aromatic rings. The monoisotopic (exact) mass is 398 g/mol. The first-order valence-corrected chi connectivity index (χ1v) is 10.1. The second-order valence-corrected chi connectivity index (χ2v) is 7.20. The predicted molar refractivity (Wildman–Crippen MR) is 112 cm³/mol. The van der Waals surface area contributed by atoms with Crippen molar-refractivity contribution in [1.82, 2.24) is 14.9 Å². The van der Waals surface area contributed by atoms with Gasteiger partial charge in [-0.15, -0.1) is 0 Å². The van der Waals surface area contributed by atoms with Crippen LogP contribution in [0, 0.1) is 6.92 Å².